The number of ether oxygens (including phenoxy) is 2. The molecule has 1 atom stereocenters. The number of rotatable bonds is 5. The third kappa shape index (κ3) is 3.80. The summed E-state index contributed by atoms with van der Waals surface area (Å²) in [5.41, 5.74) is -0.935. The molecular weight excluding hydrogens is 264 g/mol. The van der Waals surface area contributed by atoms with Crippen LogP contribution in [-0.2, 0) is 9.47 Å². The fraction of sp³-hybridized carbons (Fsp3) is 0.889. The Hall–Kier alpha value is -0.560. The van der Waals surface area contributed by atoms with Gasteiger partial charge in [-0.1, -0.05) is 5.92 Å². The van der Waals surface area contributed by atoms with Crippen molar-refractivity contribution in [3.05, 3.63) is 0 Å². The van der Waals surface area contributed by atoms with Crippen molar-refractivity contribution >= 4 is 0 Å². The van der Waals surface area contributed by atoms with E-state index >= 15 is 0 Å². The van der Waals surface area contributed by atoms with Crippen molar-refractivity contribution in [2.75, 3.05) is 13.7 Å². The van der Waals surface area contributed by atoms with Gasteiger partial charge in [0.1, 0.15) is 5.60 Å². The number of aliphatic hydroxyl groups is 1. The number of hydrogen-bond donors (Lipinski definition) is 1. The Bertz CT molecular complexity index is 346. The minimum Gasteiger partial charge on any atom is -0.381 e. The van der Waals surface area contributed by atoms with Gasteiger partial charge in [-0.05, 0) is 70.1 Å². The van der Waals surface area contributed by atoms with Gasteiger partial charge in [-0.2, -0.15) is 0 Å². The van der Waals surface area contributed by atoms with Gasteiger partial charge >= 0.3 is 0 Å². The first-order chi connectivity index (χ1) is 10.1. The topological polar surface area (TPSA) is 38.7 Å². The van der Waals surface area contributed by atoms with Gasteiger partial charge in [0.2, 0.25) is 0 Å². The fourth-order valence-electron chi connectivity index (χ4n) is 4.21. The van der Waals surface area contributed by atoms with E-state index in [1.165, 1.54) is 0 Å². The van der Waals surface area contributed by atoms with Crippen molar-refractivity contribution in [3.63, 3.8) is 0 Å². The standard InChI is InChI=1S/C18H30O3/c1-4-18(19,14-6-10-16(20-3)11-7-14)15-8-12-17(13-9-15)21-5-2/h1,14-17,19H,5-13H2,2-3H3. The largest absolute Gasteiger partial charge is 0.381 e. The van der Waals surface area contributed by atoms with Crippen molar-refractivity contribution in [1.82, 2.24) is 0 Å². The molecule has 3 nitrogen and oxygen atoms in total. The highest BCUT2D eigenvalue weighted by Gasteiger charge is 2.44. The molecule has 21 heavy (non-hydrogen) atoms. The average molecular weight is 294 g/mol. The quantitative estimate of drug-likeness (QED) is 0.792. The van der Waals surface area contributed by atoms with Crippen LogP contribution in [0.25, 0.3) is 0 Å². The Morgan fingerprint density at radius 3 is 1.86 bits per heavy atom. The summed E-state index contributed by atoms with van der Waals surface area (Å²) in [5, 5.41) is 11.1. The molecule has 2 saturated carbocycles. The summed E-state index contributed by atoms with van der Waals surface area (Å²) < 4.78 is 11.1. The molecule has 0 aliphatic heterocycles. The fourth-order valence-corrected chi connectivity index (χ4v) is 4.21. The number of methoxy groups -OCH3 is 1. The molecule has 0 heterocycles. The van der Waals surface area contributed by atoms with Gasteiger partial charge in [-0.15, -0.1) is 6.42 Å². The molecule has 0 aromatic carbocycles. The molecule has 0 amide bonds. The lowest BCUT2D eigenvalue weighted by Crippen LogP contribution is -2.47. The molecule has 2 aliphatic rings. The van der Waals surface area contributed by atoms with Crippen LogP contribution in [0.15, 0.2) is 0 Å². The molecule has 0 aromatic rings. The second-order valence-electron chi connectivity index (χ2n) is 6.61. The van der Waals surface area contributed by atoms with Crippen LogP contribution in [-0.4, -0.2) is 36.6 Å². The Labute approximate surface area is 129 Å². The zero-order valence-electron chi connectivity index (χ0n) is 13.5. The SMILES string of the molecule is C#CC(O)(C1CCC(OC)CC1)C1CCC(OCC)CC1. The third-order valence-corrected chi connectivity index (χ3v) is 5.56. The Balaban J connectivity index is 1.94. The van der Waals surface area contributed by atoms with Gasteiger partial charge in [-0.25, -0.2) is 0 Å². The van der Waals surface area contributed by atoms with Gasteiger partial charge in [0.05, 0.1) is 12.2 Å². The van der Waals surface area contributed by atoms with Crippen LogP contribution in [0.2, 0.25) is 0 Å². The second-order valence-corrected chi connectivity index (χ2v) is 6.61. The second kappa shape index (κ2) is 7.63. The van der Waals surface area contributed by atoms with Gasteiger partial charge < -0.3 is 14.6 Å². The number of terminal acetylenes is 1. The van der Waals surface area contributed by atoms with E-state index in [0.29, 0.717) is 12.2 Å². The molecule has 1 N–H and O–H groups in total. The van der Waals surface area contributed by atoms with Crippen molar-refractivity contribution in [2.24, 2.45) is 11.8 Å². The molecule has 0 spiro atoms. The Kier molecular flexibility index (Phi) is 6.10. The van der Waals surface area contributed by atoms with Crippen LogP contribution >= 0.6 is 0 Å². The minimum absolute atomic E-state index is 0.225. The van der Waals surface area contributed by atoms with E-state index in [1.807, 2.05) is 6.92 Å². The summed E-state index contributed by atoms with van der Waals surface area (Å²) in [6.07, 6.45) is 14.5. The van der Waals surface area contributed by atoms with E-state index in [2.05, 4.69) is 5.92 Å². The zero-order chi connectivity index (χ0) is 15.3. The lowest BCUT2D eigenvalue weighted by atomic mass is 9.66. The summed E-state index contributed by atoms with van der Waals surface area (Å²) in [6, 6.07) is 0. The normalized spacial score (nSPS) is 36.7. The highest BCUT2D eigenvalue weighted by Crippen LogP contribution is 2.43. The van der Waals surface area contributed by atoms with Crippen molar-refractivity contribution in [2.45, 2.75) is 76.1 Å². The maximum atomic E-state index is 11.1. The molecule has 0 bridgehead atoms. The third-order valence-electron chi connectivity index (χ3n) is 5.56. The Morgan fingerprint density at radius 2 is 1.48 bits per heavy atom. The van der Waals surface area contributed by atoms with Crippen molar-refractivity contribution < 1.29 is 14.6 Å². The van der Waals surface area contributed by atoms with Crippen LogP contribution in [0.5, 0.6) is 0 Å². The van der Waals surface area contributed by atoms with E-state index in [-0.39, 0.29) is 11.8 Å². The van der Waals surface area contributed by atoms with Crippen LogP contribution in [0, 0.1) is 24.2 Å². The van der Waals surface area contributed by atoms with Crippen molar-refractivity contribution in [3.8, 4) is 12.3 Å². The predicted molar refractivity (Wildman–Crippen MR) is 83.9 cm³/mol. The summed E-state index contributed by atoms with van der Waals surface area (Å²) in [7, 11) is 1.77. The Morgan fingerprint density at radius 1 is 1.00 bits per heavy atom. The van der Waals surface area contributed by atoms with E-state index in [0.717, 1.165) is 58.0 Å². The first-order valence-electron chi connectivity index (χ1n) is 8.48. The maximum Gasteiger partial charge on any atom is 0.130 e. The molecule has 2 fully saturated rings. The van der Waals surface area contributed by atoms with Gasteiger partial charge in [0, 0.05) is 13.7 Å². The number of hydrogen-bond acceptors (Lipinski definition) is 3. The molecule has 1 unspecified atom stereocenters. The minimum atomic E-state index is -0.935. The summed E-state index contributed by atoms with van der Waals surface area (Å²) in [5.74, 6) is 3.22. The van der Waals surface area contributed by atoms with Crippen LogP contribution in [0.3, 0.4) is 0 Å². The first-order valence-corrected chi connectivity index (χ1v) is 8.48. The van der Waals surface area contributed by atoms with Crippen LogP contribution in [0.4, 0.5) is 0 Å². The highest BCUT2D eigenvalue weighted by atomic mass is 16.5. The van der Waals surface area contributed by atoms with E-state index in [4.69, 9.17) is 15.9 Å². The molecule has 0 radical (unpaired) electrons. The van der Waals surface area contributed by atoms with Gasteiger partial charge in [-0.3, -0.25) is 0 Å². The zero-order valence-corrected chi connectivity index (χ0v) is 13.5. The summed E-state index contributed by atoms with van der Waals surface area (Å²) in [6.45, 7) is 2.81. The first kappa shape index (κ1) is 16.8. The monoisotopic (exact) mass is 294 g/mol. The van der Waals surface area contributed by atoms with E-state index in [9.17, 15) is 5.11 Å². The van der Waals surface area contributed by atoms with E-state index < -0.39 is 5.60 Å². The van der Waals surface area contributed by atoms with E-state index in [1.54, 1.807) is 7.11 Å². The van der Waals surface area contributed by atoms with Crippen molar-refractivity contribution in [1.29, 1.82) is 0 Å². The molecule has 0 aromatic heterocycles. The molecular formula is C18H30O3. The smallest absolute Gasteiger partial charge is 0.130 e. The van der Waals surface area contributed by atoms with Gasteiger partial charge in [0.25, 0.3) is 0 Å². The lowest BCUT2D eigenvalue weighted by molar-refractivity contribution is -0.0748. The van der Waals surface area contributed by atoms with Crippen LogP contribution in [0.1, 0.15) is 58.3 Å². The predicted octanol–water partition coefficient (Wildman–Crippen LogP) is 3.15. The molecule has 2 aliphatic carbocycles. The highest BCUT2D eigenvalue weighted by molar-refractivity contribution is 5.15. The summed E-state index contributed by atoms with van der Waals surface area (Å²) >= 11 is 0. The molecule has 0 saturated heterocycles. The maximum absolute atomic E-state index is 11.1. The molecule has 120 valence electrons. The molecule has 3 heteroatoms. The lowest BCUT2D eigenvalue weighted by Gasteiger charge is -2.44. The van der Waals surface area contributed by atoms with Gasteiger partial charge in [0.15, 0.2) is 0 Å². The van der Waals surface area contributed by atoms with Crippen LogP contribution < -0.4 is 0 Å². The average Bonchev–Trinajstić information content (AvgIpc) is 2.55. The molecule has 2 rings (SSSR count). The summed E-state index contributed by atoms with van der Waals surface area (Å²) in [4.78, 5) is 0.